The second-order valence-corrected chi connectivity index (χ2v) is 10.3. The second kappa shape index (κ2) is 7.18. The smallest absolute Gasteiger partial charge is 0.241 e. The molecule has 0 bridgehead atoms. The summed E-state index contributed by atoms with van der Waals surface area (Å²) in [7, 11) is 0. The van der Waals surface area contributed by atoms with Crippen LogP contribution in [0.25, 0.3) is 4.85 Å². The summed E-state index contributed by atoms with van der Waals surface area (Å²) in [5, 5.41) is 21.9. The summed E-state index contributed by atoms with van der Waals surface area (Å²) < 4.78 is 15.7. The molecule has 5 atom stereocenters. The molecule has 2 aromatic rings. The highest BCUT2D eigenvalue weighted by Gasteiger charge is 2.61. The first-order valence-corrected chi connectivity index (χ1v) is 11.5. The molecule has 6 heteroatoms. The maximum atomic E-state index is 14.8. The molecular formula is C25H27ClFN2O2+. The fourth-order valence-corrected chi connectivity index (χ4v) is 7.28. The van der Waals surface area contributed by atoms with Crippen molar-refractivity contribution >= 4 is 17.3 Å². The zero-order chi connectivity index (χ0) is 22.0. The van der Waals surface area contributed by atoms with Gasteiger partial charge in [-0.2, -0.15) is 0 Å². The Morgan fingerprint density at radius 2 is 2.06 bits per heavy atom. The van der Waals surface area contributed by atoms with Crippen LogP contribution in [0, 0.1) is 29.6 Å². The van der Waals surface area contributed by atoms with E-state index in [2.05, 4.69) is 11.8 Å². The molecule has 4 nitrogen and oxygen atoms in total. The van der Waals surface area contributed by atoms with Gasteiger partial charge in [-0.05, 0) is 78.4 Å². The average molecular weight is 442 g/mol. The molecule has 0 amide bonds. The number of hydrogen-bond acceptors (Lipinski definition) is 2. The molecule has 2 N–H and O–H groups in total. The Bertz CT molecular complexity index is 1100. The van der Waals surface area contributed by atoms with Gasteiger partial charge in [-0.3, -0.25) is 5.21 Å². The fraction of sp³-hybridized carbons (Fsp3) is 0.520. The van der Waals surface area contributed by atoms with Crippen LogP contribution in [0.1, 0.15) is 61.6 Å². The lowest BCUT2D eigenvalue weighted by atomic mass is 9.52. The van der Waals surface area contributed by atoms with Gasteiger partial charge in [0.15, 0.2) is 0 Å². The number of halogens is 2. The number of hydrogen-bond donors (Lipinski definition) is 2. The highest BCUT2D eigenvalue weighted by atomic mass is 35.5. The van der Waals surface area contributed by atoms with Crippen LogP contribution in [0.4, 0.5) is 10.1 Å². The third-order valence-corrected chi connectivity index (χ3v) is 9.07. The third kappa shape index (κ3) is 2.99. The monoisotopic (exact) mass is 441 g/mol. The minimum absolute atomic E-state index is 0.122. The molecule has 3 aliphatic rings. The van der Waals surface area contributed by atoms with E-state index in [9.17, 15) is 14.7 Å². The summed E-state index contributed by atoms with van der Waals surface area (Å²) in [6.45, 7) is 9.43. The van der Waals surface area contributed by atoms with Crippen molar-refractivity contribution in [1.29, 1.82) is 0 Å². The van der Waals surface area contributed by atoms with Gasteiger partial charge in [0, 0.05) is 17.2 Å². The molecule has 162 valence electrons. The van der Waals surface area contributed by atoms with Crippen molar-refractivity contribution in [2.24, 2.45) is 17.3 Å². The molecule has 2 saturated carbocycles. The average Bonchev–Trinajstić information content (AvgIpc) is 3.01. The third-order valence-electron chi connectivity index (χ3n) is 8.73. The summed E-state index contributed by atoms with van der Waals surface area (Å²) in [4.78, 5) is 3.33. The van der Waals surface area contributed by atoms with Gasteiger partial charge in [0.25, 0.3) is 0 Å². The van der Waals surface area contributed by atoms with E-state index in [1.54, 1.807) is 18.3 Å². The van der Waals surface area contributed by atoms with Crippen LogP contribution in [0.3, 0.4) is 0 Å². The summed E-state index contributed by atoms with van der Waals surface area (Å²) >= 11 is 6.35. The normalized spacial score (nSPS) is 33.8. The van der Waals surface area contributed by atoms with Gasteiger partial charge < -0.3 is 5.11 Å². The van der Waals surface area contributed by atoms with Crippen LogP contribution in [0.2, 0.25) is 5.02 Å². The Kier molecular flexibility index (Phi) is 4.80. The van der Waals surface area contributed by atoms with Crippen LogP contribution >= 0.6 is 11.6 Å². The van der Waals surface area contributed by atoms with E-state index in [4.69, 9.17) is 18.2 Å². The van der Waals surface area contributed by atoms with Crippen molar-refractivity contribution in [2.75, 3.05) is 0 Å². The molecule has 0 saturated heterocycles. The molecule has 1 heterocycles. The van der Waals surface area contributed by atoms with Crippen molar-refractivity contribution in [2.45, 2.75) is 63.4 Å². The molecule has 0 spiro atoms. The highest BCUT2D eigenvalue weighted by molar-refractivity contribution is 6.31. The van der Waals surface area contributed by atoms with E-state index in [0.29, 0.717) is 35.6 Å². The zero-order valence-electron chi connectivity index (χ0n) is 17.6. The predicted octanol–water partition coefficient (Wildman–Crippen LogP) is 5.38. The van der Waals surface area contributed by atoms with Gasteiger partial charge in [-0.15, -0.1) is 0 Å². The number of pyridine rings is 1. The molecule has 3 aliphatic carbocycles. The van der Waals surface area contributed by atoms with E-state index < -0.39 is 5.60 Å². The number of fused-ring (bicyclic) bond motifs is 5. The minimum atomic E-state index is -0.854. The molecule has 5 rings (SSSR count). The molecule has 3 unspecified atom stereocenters. The zero-order valence-corrected chi connectivity index (χ0v) is 18.4. The Balaban J connectivity index is 1.46. The van der Waals surface area contributed by atoms with Crippen molar-refractivity contribution in [3.63, 3.8) is 0 Å². The number of aromatic nitrogens is 1. The van der Waals surface area contributed by atoms with Gasteiger partial charge in [-0.1, -0.05) is 30.7 Å². The summed E-state index contributed by atoms with van der Waals surface area (Å²) in [5.41, 5.74) is 1.71. The van der Waals surface area contributed by atoms with Gasteiger partial charge in [0.05, 0.1) is 12.2 Å². The van der Waals surface area contributed by atoms with E-state index in [1.165, 1.54) is 6.20 Å². The van der Waals surface area contributed by atoms with Crippen LogP contribution < -0.4 is 4.73 Å². The van der Waals surface area contributed by atoms with Crippen LogP contribution in [-0.2, 0) is 12.8 Å². The summed E-state index contributed by atoms with van der Waals surface area (Å²) in [6, 6.07) is 5.38. The number of benzene rings is 1. The largest absolute Gasteiger partial charge is 0.389 e. The van der Waals surface area contributed by atoms with Gasteiger partial charge in [0.1, 0.15) is 10.8 Å². The topological polar surface area (TPSA) is 48.7 Å². The lowest BCUT2D eigenvalue weighted by molar-refractivity contribution is -0.904. The van der Waals surface area contributed by atoms with E-state index in [-0.39, 0.29) is 16.9 Å². The first kappa shape index (κ1) is 20.7. The number of nitrogens with zero attached hydrogens (tertiary/aromatic N) is 2. The standard InChI is InChI=1S/C25H27ClFN2O2/c1-24-10-7-17-16-5-6-22(28-2)23(27)19(16)4-3-18(17)20(24)8-11-25(24,30)13-15-9-12-29(31)14-21(15)26/h5-6,9,12,14,17-18,20,30-31H,3-4,7-8,10-11,13H2,1H3/q+1/t17?,18?,20?,24-,25+/m0/s1. The van der Waals surface area contributed by atoms with Crippen LogP contribution in [0.5, 0.6) is 0 Å². The van der Waals surface area contributed by atoms with Crippen LogP contribution in [-0.4, -0.2) is 15.9 Å². The Hall–Kier alpha value is -2.16. The Morgan fingerprint density at radius 1 is 1.26 bits per heavy atom. The van der Waals surface area contributed by atoms with Crippen molar-refractivity contribution in [3.8, 4) is 0 Å². The molecule has 2 fully saturated rings. The Morgan fingerprint density at radius 3 is 2.81 bits per heavy atom. The predicted molar refractivity (Wildman–Crippen MR) is 115 cm³/mol. The summed E-state index contributed by atoms with van der Waals surface area (Å²) in [5.74, 6) is 0.761. The lowest BCUT2D eigenvalue weighted by Crippen LogP contribution is -2.52. The van der Waals surface area contributed by atoms with E-state index >= 15 is 0 Å². The van der Waals surface area contributed by atoms with E-state index in [0.717, 1.165) is 53.5 Å². The van der Waals surface area contributed by atoms with Crippen LogP contribution in [0.15, 0.2) is 30.6 Å². The minimum Gasteiger partial charge on any atom is -0.389 e. The highest BCUT2D eigenvalue weighted by Crippen LogP contribution is 2.65. The van der Waals surface area contributed by atoms with Crippen molar-refractivity contribution in [3.05, 3.63) is 69.5 Å². The Labute approximate surface area is 187 Å². The van der Waals surface area contributed by atoms with E-state index in [1.807, 2.05) is 6.07 Å². The van der Waals surface area contributed by atoms with Gasteiger partial charge in [-0.25, -0.2) is 9.24 Å². The molecule has 0 aliphatic heterocycles. The molecular weight excluding hydrogens is 415 g/mol. The van der Waals surface area contributed by atoms with Crippen molar-refractivity contribution in [1.82, 2.24) is 0 Å². The maximum absolute atomic E-state index is 14.8. The summed E-state index contributed by atoms with van der Waals surface area (Å²) in [6.07, 6.45) is 8.51. The van der Waals surface area contributed by atoms with Crippen molar-refractivity contribution < 1.29 is 19.4 Å². The van der Waals surface area contributed by atoms with Gasteiger partial charge >= 0.3 is 0 Å². The first-order valence-electron chi connectivity index (χ1n) is 11.1. The molecule has 31 heavy (non-hydrogen) atoms. The maximum Gasteiger partial charge on any atom is 0.241 e. The quantitative estimate of drug-likeness (QED) is 0.373. The number of aliphatic hydroxyl groups is 1. The molecule has 1 aromatic carbocycles. The van der Waals surface area contributed by atoms with Gasteiger partial charge in [0.2, 0.25) is 18.1 Å². The first-order chi connectivity index (χ1) is 14.8. The second-order valence-electron chi connectivity index (χ2n) is 9.89. The molecule has 0 radical (unpaired) electrons. The lowest BCUT2D eigenvalue weighted by Gasteiger charge is -2.53. The number of rotatable bonds is 2. The molecule has 1 aromatic heterocycles. The fourth-order valence-electron chi connectivity index (χ4n) is 7.05. The SMILES string of the molecule is [C-]#[N+]c1ccc2c(c1F)CCC1C2CC[C@@]2(C)C1CC[C@@]2(O)Cc1cc[n+](O)cc1Cl.